The lowest BCUT2D eigenvalue weighted by Gasteiger charge is -2.30. The summed E-state index contributed by atoms with van der Waals surface area (Å²) in [6.45, 7) is 0. The van der Waals surface area contributed by atoms with Crippen molar-refractivity contribution in [1.29, 1.82) is 0 Å². The molecule has 5 aromatic rings. The van der Waals surface area contributed by atoms with Crippen molar-refractivity contribution in [3.05, 3.63) is 129 Å². The summed E-state index contributed by atoms with van der Waals surface area (Å²) >= 11 is 0. The molecule has 4 aromatic carbocycles. The van der Waals surface area contributed by atoms with Crippen LogP contribution in [-0.4, -0.2) is 9.13 Å². The number of nitrogens with zero attached hydrogens (tertiary/aromatic N) is 2. The van der Waals surface area contributed by atoms with Gasteiger partial charge in [-0.1, -0.05) is 60.7 Å². The Bertz CT molecular complexity index is 1720. The van der Waals surface area contributed by atoms with Crippen LogP contribution in [0.5, 0.6) is 23.1 Å². The Morgan fingerprint density at radius 1 is 0.743 bits per heavy atom. The van der Waals surface area contributed by atoms with Crippen LogP contribution in [0.4, 0.5) is 0 Å². The maximum atomic E-state index is 13.5. The highest BCUT2D eigenvalue weighted by Crippen LogP contribution is 2.48. The molecule has 1 aliphatic rings. The molecule has 0 saturated heterocycles. The first-order chi connectivity index (χ1) is 17.0. The number of hydrogen-bond donors (Lipinski definition) is 0. The lowest BCUT2D eigenvalue weighted by molar-refractivity contribution is 0.396. The van der Waals surface area contributed by atoms with Crippen LogP contribution in [0.2, 0.25) is 0 Å². The van der Waals surface area contributed by atoms with Crippen molar-refractivity contribution in [1.82, 2.24) is 9.13 Å². The number of hydrogen-bond acceptors (Lipinski definition) is 4. The number of benzene rings is 4. The molecule has 2 heterocycles. The molecule has 0 fully saturated rings. The molecule has 0 amide bonds. The van der Waals surface area contributed by atoms with Gasteiger partial charge in [0.2, 0.25) is 5.88 Å². The lowest BCUT2D eigenvalue weighted by atomic mass is 9.81. The third-order valence-electron chi connectivity index (χ3n) is 6.53. The Labute approximate surface area is 201 Å². The van der Waals surface area contributed by atoms with E-state index >= 15 is 0 Å². The lowest BCUT2D eigenvalue weighted by Crippen LogP contribution is -2.41. The Balaban J connectivity index is 1.63. The third kappa shape index (κ3) is 3.34. The SMILES string of the molecule is Cn1c2c(c(=O)n(C)c1=O)C(c1cccc(Oc3ccccc3)c1)c1c(ccc3ccccc13)O2. The zero-order chi connectivity index (χ0) is 24.1. The van der Waals surface area contributed by atoms with Crippen LogP contribution in [0.25, 0.3) is 10.8 Å². The van der Waals surface area contributed by atoms with E-state index in [0.717, 1.165) is 32.2 Å². The van der Waals surface area contributed by atoms with E-state index < -0.39 is 11.6 Å². The molecule has 35 heavy (non-hydrogen) atoms. The van der Waals surface area contributed by atoms with Crippen molar-refractivity contribution in [2.24, 2.45) is 14.1 Å². The van der Waals surface area contributed by atoms with Crippen LogP contribution in [0.3, 0.4) is 0 Å². The Hall–Kier alpha value is -4.58. The fraction of sp³-hybridized carbons (Fsp3) is 0.103. The molecule has 1 aliphatic heterocycles. The fourth-order valence-electron chi connectivity index (χ4n) is 4.85. The maximum absolute atomic E-state index is 13.5. The molecule has 1 aromatic heterocycles. The van der Waals surface area contributed by atoms with Crippen molar-refractivity contribution in [3.63, 3.8) is 0 Å². The highest BCUT2D eigenvalue weighted by atomic mass is 16.5. The molecule has 0 aliphatic carbocycles. The van der Waals surface area contributed by atoms with Crippen molar-refractivity contribution in [2.75, 3.05) is 0 Å². The Morgan fingerprint density at radius 3 is 2.31 bits per heavy atom. The monoisotopic (exact) mass is 462 g/mol. The minimum absolute atomic E-state index is 0.264. The zero-order valence-corrected chi connectivity index (χ0v) is 19.3. The minimum Gasteiger partial charge on any atom is -0.457 e. The van der Waals surface area contributed by atoms with Gasteiger partial charge in [0.25, 0.3) is 5.56 Å². The van der Waals surface area contributed by atoms with Crippen LogP contribution in [0.15, 0.2) is 101 Å². The smallest absolute Gasteiger partial charge is 0.333 e. The number of aromatic nitrogens is 2. The molecule has 0 bridgehead atoms. The van der Waals surface area contributed by atoms with Gasteiger partial charge in [-0.2, -0.15) is 0 Å². The molecule has 1 atom stereocenters. The Kier molecular flexibility index (Phi) is 4.81. The van der Waals surface area contributed by atoms with Crippen LogP contribution >= 0.6 is 0 Å². The summed E-state index contributed by atoms with van der Waals surface area (Å²) in [5.41, 5.74) is 1.38. The molecule has 0 radical (unpaired) electrons. The quantitative estimate of drug-likeness (QED) is 0.357. The second-order valence-corrected chi connectivity index (χ2v) is 8.65. The van der Waals surface area contributed by atoms with Gasteiger partial charge in [-0.25, -0.2) is 4.79 Å². The van der Waals surface area contributed by atoms with Crippen molar-refractivity contribution in [2.45, 2.75) is 5.92 Å². The summed E-state index contributed by atoms with van der Waals surface area (Å²) in [5, 5.41) is 2.03. The average Bonchev–Trinajstić information content (AvgIpc) is 2.90. The molecule has 0 spiro atoms. The molecule has 0 saturated carbocycles. The van der Waals surface area contributed by atoms with Crippen molar-refractivity contribution in [3.8, 4) is 23.1 Å². The summed E-state index contributed by atoms with van der Waals surface area (Å²) in [4.78, 5) is 26.2. The van der Waals surface area contributed by atoms with E-state index in [4.69, 9.17) is 9.47 Å². The fourth-order valence-corrected chi connectivity index (χ4v) is 4.85. The van der Waals surface area contributed by atoms with E-state index in [2.05, 4.69) is 0 Å². The first kappa shape index (κ1) is 21.0. The number of rotatable bonds is 3. The normalized spacial score (nSPS) is 14.2. The third-order valence-corrected chi connectivity index (χ3v) is 6.53. The highest BCUT2D eigenvalue weighted by Gasteiger charge is 2.35. The van der Waals surface area contributed by atoms with Crippen molar-refractivity contribution >= 4 is 10.8 Å². The first-order valence-corrected chi connectivity index (χ1v) is 11.3. The summed E-state index contributed by atoms with van der Waals surface area (Å²) in [6.07, 6.45) is 0. The van der Waals surface area contributed by atoms with E-state index in [0.29, 0.717) is 17.1 Å². The average molecular weight is 463 g/mol. The summed E-state index contributed by atoms with van der Waals surface area (Å²) in [5.74, 6) is 1.81. The molecule has 0 N–H and O–H groups in total. The highest BCUT2D eigenvalue weighted by molar-refractivity contribution is 5.90. The predicted octanol–water partition coefficient (Wildman–Crippen LogP) is 5.32. The van der Waals surface area contributed by atoms with Gasteiger partial charge in [0.1, 0.15) is 17.2 Å². The largest absolute Gasteiger partial charge is 0.457 e. The van der Waals surface area contributed by atoms with Crippen molar-refractivity contribution < 1.29 is 9.47 Å². The molecule has 6 rings (SSSR count). The van der Waals surface area contributed by atoms with Gasteiger partial charge in [0, 0.05) is 25.6 Å². The van der Waals surface area contributed by atoms with E-state index in [9.17, 15) is 9.59 Å². The molecular weight excluding hydrogens is 440 g/mol. The first-order valence-electron chi connectivity index (χ1n) is 11.3. The van der Waals surface area contributed by atoms with Crippen LogP contribution < -0.4 is 20.7 Å². The molecule has 6 nitrogen and oxygen atoms in total. The van der Waals surface area contributed by atoms with Crippen LogP contribution in [0.1, 0.15) is 22.6 Å². The van der Waals surface area contributed by atoms with E-state index in [1.165, 1.54) is 11.6 Å². The molecule has 172 valence electrons. The van der Waals surface area contributed by atoms with Gasteiger partial charge < -0.3 is 9.47 Å². The van der Waals surface area contributed by atoms with Gasteiger partial charge in [-0.05, 0) is 46.7 Å². The molecule has 1 unspecified atom stereocenters. The zero-order valence-electron chi connectivity index (χ0n) is 19.3. The molecule has 6 heteroatoms. The van der Waals surface area contributed by atoms with Gasteiger partial charge in [-0.3, -0.25) is 13.9 Å². The summed E-state index contributed by atoms with van der Waals surface area (Å²) in [6, 6.07) is 29.2. The summed E-state index contributed by atoms with van der Waals surface area (Å²) in [7, 11) is 3.12. The number of fused-ring (bicyclic) bond motifs is 4. The summed E-state index contributed by atoms with van der Waals surface area (Å²) < 4.78 is 14.9. The standard InChI is InChI=1S/C29H22N2O4/c1-30-27(32)26-24(19-10-8-13-21(17-19)34-20-11-4-3-5-12-20)25-22-14-7-6-9-18(22)15-16-23(25)35-28(26)31(2)29(30)33/h3-17,24H,1-2H3. The van der Waals surface area contributed by atoms with Crippen LogP contribution in [0, 0.1) is 0 Å². The number of ether oxygens (including phenoxy) is 2. The second-order valence-electron chi connectivity index (χ2n) is 8.65. The predicted molar refractivity (Wildman–Crippen MR) is 135 cm³/mol. The van der Waals surface area contributed by atoms with Gasteiger partial charge in [0.15, 0.2) is 0 Å². The molecular formula is C29H22N2O4. The van der Waals surface area contributed by atoms with E-state index in [-0.39, 0.29) is 11.4 Å². The van der Waals surface area contributed by atoms with Gasteiger partial charge in [0.05, 0.1) is 5.56 Å². The van der Waals surface area contributed by atoms with E-state index in [1.54, 1.807) is 7.05 Å². The van der Waals surface area contributed by atoms with Gasteiger partial charge in [-0.15, -0.1) is 0 Å². The minimum atomic E-state index is -0.454. The Morgan fingerprint density at radius 2 is 1.49 bits per heavy atom. The maximum Gasteiger partial charge on any atom is 0.333 e. The van der Waals surface area contributed by atoms with Crippen LogP contribution in [-0.2, 0) is 14.1 Å². The number of para-hydroxylation sites is 1. The second kappa shape index (κ2) is 8.02. The van der Waals surface area contributed by atoms with E-state index in [1.807, 2.05) is 91.0 Å². The van der Waals surface area contributed by atoms with Gasteiger partial charge >= 0.3 is 5.69 Å². The topological polar surface area (TPSA) is 62.5 Å².